The molecule has 4 rings (SSSR count). The number of benzene rings is 1. The fraction of sp³-hybridized carbons (Fsp3) is 0.760. The van der Waals surface area contributed by atoms with Crippen molar-refractivity contribution in [3.05, 3.63) is 29.3 Å². The van der Waals surface area contributed by atoms with Gasteiger partial charge >= 0.3 is 0 Å². The van der Waals surface area contributed by atoms with Gasteiger partial charge in [-0.05, 0) is 85.6 Å². The summed E-state index contributed by atoms with van der Waals surface area (Å²) in [7, 11) is 2.00. The third-order valence-electron chi connectivity index (χ3n) is 8.24. The Morgan fingerprint density at radius 1 is 1.27 bits per heavy atom. The van der Waals surface area contributed by atoms with Gasteiger partial charge < -0.3 is 25.6 Å². The molecular formula is C25H40N2O3. The van der Waals surface area contributed by atoms with Gasteiger partial charge in [-0.25, -0.2) is 0 Å². The molecule has 2 fully saturated rings. The quantitative estimate of drug-likeness (QED) is 0.550. The standard InChI is InChI=1S/C25H40N2O3/c1-15(2)27-13-17(28)14-30-18-6-8-19-16(11-18)5-7-21-20(19)9-10-25(3)22(21)12-23(29)24(25)26-4/h6,8,11,15,17,20-24,26-29H,5,7,9-10,12-14H2,1-4H3/t17?,20-,21-,22+,23-,24?,25+/m1/s1. The van der Waals surface area contributed by atoms with Crippen molar-refractivity contribution in [2.75, 3.05) is 20.2 Å². The Kier molecular flexibility index (Phi) is 6.45. The number of fused-ring (bicyclic) bond motifs is 5. The smallest absolute Gasteiger partial charge is 0.119 e. The Labute approximate surface area is 181 Å². The van der Waals surface area contributed by atoms with Crippen LogP contribution in [0.4, 0.5) is 0 Å². The molecule has 2 saturated carbocycles. The number of hydrogen-bond acceptors (Lipinski definition) is 5. The van der Waals surface area contributed by atoms with Gasteiger partial charge in [-0.1, -0.05) is 26.8 Å². The molecule has 0 radical (unpaired) electrons. The van der Waals surface area contributed by atoms with Crippen molar-refractivity contribution in [3.8, 4) is 5.75 Å². The number of ether oxygens (including phenoxy) is 1. The largest absolute Gasteiger partial charge is 0.491 e. The summed E-state index contributed by atoms with van der Waals surface area (Å²) in [6, 6.07) is 7.12. The van der Waals surface area contributed by atoms with Gasteiger partial charge in [-0.15, -0.1) is 0 Å². The van der Waals surface area contributed by atoms with Gasteiger partial charge in [0.2, 0.25) is 0 Å². The number of likely N-dealkylation sites (N-methyl/N-ethyl adjacent to an activating group) is 1. The second kappa shape index (κ2) is 8.78. The van der Waals surface area contributed by atoms with Crippen molar-refractivity contribution in [3.63, 3.8) is 0 Å². The topological polar surface area (TPSA) is 73.8 Å². The van der Waals surface area contributed by atoms with Crippen molar-refractivity contribution < 1.29 is 14.9 Å². The molecular weight excluding hydrogens is 376 g/mol. The molecule has 2 unspecified atom stereocenters. The van der Waals surface area contributed by atoms with Gasteiger partial charge in [0.15, 0.2) is 0 Å². The maximum Gasteiger partial charge on any atom is 0.119 e. The number of rotatable bonds is 7. The highest BCUT2D eigenvalue weighted by atomic mass is 16.5. The average molecular weight is 417 g/mol. The zero-order valence-electron chi connectivity index (χ0n) is 19.0. The highest BCUT2D eigenvalue weighted by molar-refractivity contribution is 5.41. The van der Waals surface area contributed by atoms with Crippen molar-refractivity contribution in [1.82, 2.24) is 10.6 Å². The molecule has 0 spiro atoms. The summed E-state index contributed by atoms with van der Waals surface area (Å²) in [5.74, 6) is 2.73. The predicted octanol–water partition coefficient (Wildman–Crippen LogP) is 2.84. The van der Waals surface area contributed by atoms with Crippen LogP contribution in [0.25, 0.3) is 0 Å². The van der Waals surface area contributed by atoms with E-state index in [0.717, 1.165) is 18.6 Å². The van der Waals surface area contributed by atoms with Crippen LogP contribution in [0.3, 0.4) is 0 Å². The third kappa shape index (κ3) is 4.02. The number of nitrogens with one attached hydrogen (secondary N) is 2. The molecule has 0 aliphatic heterocycles. The highest BCUT2D eigenvalue weighted by Gasteiger charge is 2.57. The number of hydrogen-bond donors (Lipinski definition) is 4. The number of aryl methyl sites for hydroxylation is 1. The third-order valence-corrected chi connectivity index (χ3v) is 8.24. The first-order chi connectivity index (χ1) is 14.3. The van der Waals surface area contributed by atoms with Crippen molar-refractivity contribution in [1.29, 1.82) is 0 Å². The molecule has 5 nitrogen and oxygen atoms in total. The molecule has 0 bridgehead atoms. The minimum absolute atomic E-state index is 0.204. The first-order valence-electron chi connectivity index (χ1n) is 11.9. The molecule has 0 heterocycles. The van der Waals surface area contributed by atoms with Crippen LogP contribution >= 0.6 is 0 Å². The fourth-order valence-corrected chi connectivity index (χ4v) is 6.81. The van der Waals surface area contributed by atoms with Gasteiger partial charge in [0.25, 0.3) is 0 Å². The SMILES string of the molecule is CNC1[C@H](O)C[C@H]2[C@@H]3CCc4cc(OCC(O)CNC(C)C)ccc4[C@H]3CC[C@]12C. The Hall–Kier alpha value is -1.14. The van der Waals surface area contributed by atoms with Crippen molar-refractivity contribution in [2.45, 2.75) is 83.1 Å². The lowest BCUT2D eigenvalue weighted by Crippen LogP contribution is -2.49. The van der Waals surface area contributed by atoms with Crippen LogP contribution in [0, 0.1) is 17.3 Å². The lowest BCUT2D eigenvalue weighted by molar-refractivity contribution is 0.0382. The lowest BCUT2D eigenvalue weighted by atomic mass is 9.55. The monoisotopic (exact) mass is 416 g/mol. The first-order valence-corrected chi connectivity index (χ1v) is 11.9. The van der Waals surface area contributed by atoms with Gasteiger partial charge in [-0.3, -0.25) is 0 Å². The van der Waals surface area contributed by atoms with Crippen LogP contribution in [-0.2, 0) is 6.42 Å². The molecule has 4 N–H and O–H groups in total. The van der Waals surface area contributed by atoms with E-state index in [1.807, 2.05) is 7.05 Å². The van der Waals surface area contributed by atoms with E-state index in [-0.39, 0.29) is 17.6 Å². The Morgan fingerprint density at radius 2 is 2.07 bits per heavy atom. The molecule has 0 amide bonds. The minimum atomic E-state index is -0.502. The zero-order valence-corrected chi connectivity index (χ0v) is 19.0. The van der Waals surface area contributed by atoms with E-state index in [1.54, 1.807) is 0 Å². The summed E-state index contributed by atoms with van der Waals surface area (Å²) < 4.78 is 5.90. The van der Waals surface area contributed by atoms with Gasteiger partial charge in [0.1, 0.15) is 18.5 Å². The normalized spacial score (nSPS) is 36.2. The molecule has 7 atom stereocenters. The second-order valence-corrected chi connectivity index (χ2v) is 10.4. The highest BCUT2D eigenvalue weighted by Crippen LogP contribution is 2.60. The summed E-state index contributed by atoms with van der Waals surface area (Å²) in [6.45, 7) is 7.41. The van der Waals surface area contributed by atoms with Crippen LogP contribution < -0.4 is 15.4 Å². The van der Waals surface area contributed by atoms with Crippen LogP contribution in [0.2, 0.25) is 0 Å². The summed E-state index contributed by atoms with van der Waals surface area (Å²) >= 11 is 0. The molecule has 168 valence electrons. The van der Waals surface area contributed by atoms with Crippen molar-refractivity contribution >= 4 is 0 Å². The van der Waals surface area contributed by atoms with Gasteiger partial charge in [-0.2, -0.15) is 0 Å². The minimum Gasteiger partial charge on any atom is -0.491 e. The van der Waals surface area contributed by atoms with E-state index in [4.69, 9.17) is 4.74 Å². The molecule has 1 aromatic carbocycles. The Balaban J connectivity index is 1.44. The maximum absolute atomic E-state index is 10.7. The van der Waals surface area contributed by atoms with E-state index >= 15 is 0 Å². The van der Waals surface area contributed by atoms with Crippen LogP contribution in [-0.4, -0.2) is 54.7 Å². The van der Waals surface area contributed by atoms with E-state index < -0.39 is 6.10 Å². The summed E-state index contributed by atoms with van der Waals surface area (Å²) in [5.41, 5.74) is 3.11. The average Bonchev–Trinajstić information content (AvgIpc) is 2.99. The molecule has 5 heteroatoms. The van der Waals surface area contributed by atoms with Gasteiger partial charge in [0, 0.05) is 18.6 Å². The Morgan fingerprint density at radius 3 is 2.80 bits per heavy atom. The summed E-state index contributed by atoms with van der Waals surface area (Å²) in [5, 5.41) is 27.5. The lowest BCUT2D eigenvalue weighted by Gasteiger charge is -2.50. The molecule has 3 aliphatic rings. The number of aliphatic hydroxyl groups excluding tert-OH is 2. The first kappa shape index (κ1) is 22.1. The molecule has 3 aliphatic carbocycles. The predicted molar refractivity (Wildman–Crippen MR) is 120 cm³/mol. The van der Waals surface area contributed by atoms with E-state index in [1.165, 1.54) is 30.4 Å². The van der Waals surface area contributed by atoms with E-state index in [2.05, 4.69) is 49.6 Å². The van der Waals surface area contributed by atoms with Gasteiger partial charge in [0.05, 0.1) is 6.10 Å². The fourth-order valence-electron chi connectivity index (χ4n) is 6.81. The van der Waals surface area contributed by atoms with E-state index in [0.29, 0.717) is 36.9 Å². The Bertz CT molecular complexity index is 739. The second-order valence-electron chi connectivity index (χ2n) is 10.4. The zero-order chi connectivity index (χ0) is 21.5. The summed E-state index contributed by atoms with van der Waals surface area (Å²) in [6.07, 6.45) is 4.87. The molecule has 0 aromatic heterocycles. The number of aliphatic hydroxyl groups is 2. The molecule has 0 saturated heterocycles. The van der Waals surface area contributed by atoms with E-state index in [9.17, 15) is 10.2 Å². The van der Waals surface area contributed by atoms with Crippen LogP contribution in [0.15, 0.2) is 18.2 Å². The molecule has 30 heavy (non-hydrogen) atoms. The molecule has 1 aromatic rings. The van der Waals surface area contributed by atoms with Crippen LogP contribution in [0.1, 0.15) is 63.5 Å². The summed E-state index contributed by atoms with van der Waals surface area (Å²) in [4.78, 5) is 0. The van der Waals surface area contributed by atoms with Crippen molar-refractivity contribution in [2.24, 2.45) is 17.3 Å². The maximum atomic E-state index is 10.7. The van der Waals surface area contributed by atoms with Crippen LogP contribution in [0.5, 0.6) is 5.75 Å².